The van der Waals surface area contributed by atoms with Gasteiger partial charge in [0.15, 0.2) is 5.82 Å². The topological polar surface area (TPSA) is 51.0 Å². The lowest BCUT2D eigenvalue weighted by molar-refractivity contribution is 0.363. The first-order valence-corrected chi connectivity index (χ1v) is 7.45. The highest BCUT2D eigenvalue weighted by Gasteiger charge is 2.13. The smallest absolute Gasteiger partial charge is 0.226 e. The normalized spacial score (nSPS) is 12.6. The van der Waals surface area contributed by atoms with Crippen molar-refractivity contribution in [1.82, 2.24) is 15.5 Å². The summed E-state index contributed by atoms with van der Waals surface area (Å²) in [5.74, 6) is 0.671. The average Bonchev–Trinajstić information content (AvgIpc) is 2.89. The molecule has 1 atom stereocenters. The summed E-state index contributed by atoms with van der Waals surface area (Å²) in [7, 11) is 0. The third kappa shape index (κ3) is 4.51. The number of hydrogen-bond donors (Lipinski definition) is 1. The van der Waals surface area contributed by atoms with Crippen LogP contribution in [0, 0.1) is 5.82 Å². The van der Waals surface area contributed by atoms with Gasteiger partial charge in [-0.2, -0.15) is 4.98 Å². The minimum atomic E-state index is -0.352. The molecule has 2 rings (SSSR count). The van der Waals surface area contributed by atoms with E-state index >= 15 is 0 Å². The zero-order valence-corrected chi connectivity index (χ0v) is 13.0. The maximum absolute atomic E-state index is 13.7. The number of benzene rings is 1. The Morgan fingerprint density at radius 2 is 2.24 bits per heavy atom. The predicted octanol–water partition coefficient (Wildman–Crippen LogP) is 3.38. The van der Waals surface area contributed by atoms with E-state index in [4.69, 9.17) is 16.1 Å². The first-order valence-electron chi connectivity index (χ1n) is 7.08. The van der Waals surface area contributed by atoms with Gasteiger partial charge in [0.1, 0.15) is 5.82 Å². The second kappa shape index (κ2) is 7.52. The third-order valence-corrected chi connectivity index (χ3v) is 3.60. The van der Waals surface area contributed by atoms with Gasteiger partial charge < -0.3 is 9.84 Å². The lowest BCUT2D eigenvalue weighted by Gasteiger charge is -2.09. The molecule has 0 aliphatic rings. The van der Waals surface area contributed by atoms with E-state index in [1.807, 2.05) is 0 Å². The Morgan fingerprint density at radius 1 is 1.43 bits per heavy atom. The fourth-order valence-electron chi connectivity index (χ4n) is 2.11. The zero-order valence-electron chi connectivity index (χ0n) is 12.2. The molecular weight excluding hydrogens is 293 g/mol. The van der Waals surface area contributed by atoms with Crippen LogP contribution in [0.15, 0.2) is 22.7 Å². The van der Waals surface area contributed by atoms with E-state index in [0.29, 0.717) is 34.8 Å². The molecule has 114 valence electrons. The summed E-state index contributed by atoms with van der Waals surface area (Å²) in [6, 6.07) is 5.00. The van der Waals surface area contributed by atoms with Crippen molar-refractivity contribution in [3.63, 3.8) is 0 Å². The maximum atomic E-state index is 13.7. The van der Waals surface area contributed by atoms with Crippen molar-refractivity contribution in [3.05, 3.63) is 46.3 Å². The molecule has 0 saturated carbocycles. The number of nitrogens with one attached hydrogen (secondary N) is 1. The molecule has 6 heteroatoms. The first-order chi connectivity index (χ1) is 10.1. The highest BCUT2D eigenvalue weighted by Crippen LogP contribution is 2.21. The van der Waals surface area contributed by atoms with Crippen LogP contribution in [0.5, 0.6) is 0 Å². The van der Waals surface area contributed by atoms with Crippen molar-refractivity contribution < 1.29 is 8.91 Å². The second-order valence-electron chi connectivity index (χ2n) is 4.98. The van der Waals surface area contributed by atoms with Crippen LogP contribution in [-0.2, 0) is 12.8 Å². The average molecular weight is 312 g/mol. The maximum Gasteiger partial charge on any atom is 0.226 e. The van der Waals surface area contributed by atoms with Crippen LogP contribution >= 0.6 is 11.6 Å². The molecular formula is C15H19ClFN3O. The summed E-state index contributed by atoms with van der Waals surface area (Å²) in [4.78, 5) is 4.29. The Bertz CT molecular complexity index is 568. The van der Waals surface area contributed by atoms with Gasteiger partial charge in [-0.15, -0.1) is 0 Å². The lowest BCUT2D eigenvalue weighted by atomic mass is 10.1. The van der Waals surface area contributed by atoms with E-state index in [0.717, 1.165) is 13.0 Å². The van der Waals surface area contributed by atoms with Crippen LogP contribution in [0.4, 0.5) is 4.39 Å². The van der Waals surface area contributed by atoms with Crippen LogP contribution in [0.25, 0.3) is 0 Å². The van der Waals surface area contributed by atoms with E-state index in [2.05, 4.69) is 29.3 Å². The van der Waals surface area contributed by atoms with Crippen molar-refractivity contribution >= 4 is 11.6 Å². The molecule has 2 aromatic rings. The highest BCUT2D eigenvalue weighted by atomic mass is 35.5. The number of nitrogens with zero attached hydrogens (tertiary/aromatic N) is 2. The van der Waals surface area contributed by atoms with E-state index < -0.39 is 0 Å². The third-order valence-electron chi connectivity index (χ3n) is 3.25. The molecule has 0 radical (unpaired) electrons. The summed E-state index contributed by atoms with van der Waals surface area (Å²) in [5, 5.41) is 7.58. The fourth-order valence-corrected chi connectivity index (χ4v) is 2.34. The summed E-state index contributed by atoms with van der Waals surface area (Å²) >= 11 is 5.99. The fraction of sp³-hybridized carbons (Fsp3) is 0.467. The minimum absolute atomic E-state index is 0.234. The van der Waals surface area contributed by atoms with E-state index in [9.17, 15) is 4.39 Å². The van der Waals surface area contributed by atoms with Crippen LogP contribution in [0.3, 0.4) is 0 Å². The molecule has 1 unspecified atom stereocenters. The van der Waals surface area contributed by atoms with Gasteiger partial charge in [-0.1, -0.05) is 29.7 Å². The Balaban J connectivity index is 1.97. The molecule has 0 bridgehead atoms. The largest absolute Gasteiger partial charge is 0.339 e. The monoisotopic (exact) mass is 311 g/mol. The molecule has 1 N–H and O–H groups in total. The van der Waals surface area contributed by atoms with Crippen LogP contribution < -0.4 is 5.32 Å². The number of aryl methyl sites for hydroxylation is 1. The van der Waals surface area contributed by atoms with Crippen molar-refractivity contribution in [1.29, 1.82) is 0 Å². The summed E-state index contributed by atoms with van der Waals surface area (Å²) < 4.78 is 18.9. The number of aromatic nitrogens is 2. The predicted molar refractivity (Wildman–Crippen MR) is 80.0 cm³/mol. The Hall–Kier alpha value is -1.46. The van der Waals surface area contributed by atoms with Crippen LogP contribution in [0.1, 0.15) is 37.5 Å². The summed E-state index contributed by atoms with van der Waals surface area (Å²) in [6.07, 6.45) is 1.85. The second-order valence-corrected chi connectivity index (χ2v) is 5.39. The quantitative estimate of drug-likeness (QED) is 0.851. The van der Waals surface area contributed by atoms with Gasteiger partial charge in [-0.3, -0.25) is 0 Å². The van der Waals surface area contributed by atoms with Crippen LogP contribution in [0.2, 0.25) is 5.02 Å². The van der Waals surface area contributed by atoms with Gasteiger partial charge in [-0.25, -0.2) is 4.39 Å². The molecule has 0 aliphatic carbocycles. The molecule has 0 amide bonds. The molecule has 0 saturated heterocycles. The zero-order chi connectivity index (χ0) is 15.2. The molecule has 1 aromatic carbocycles. The van der Waals surface area contributed by atoms with E-state index in [-0.39, 0.29) is 12.2 Å². The number of rotatable bonds is 7. The first kappa shape index (κ1) is 15.9. The molecule has 21 heavy (non-hydrogen) atoms. The van der Waals surface area contributed by atoms with Crippen molar-refractivity contribution in [3.8, 4) is 0 Å². The van der Waals surface area contributed by atoms with E-state index in [1.165, 1.54) is 6.07 Å². The Morgan fingerprint density at radius 3 is 2.95 bits per heavy atom. The lowest BCUT2D eigenvalue weighted by Crippen LogP contribution is -2.25. The van der Waals surface area contributed by atoms with Gasteiger partial charge in [0.25, 0.3) is 0 Å². The van der Waals surface area contributed by atoms with E-state index in [1.54, 1.807) is 12.1 Å². The van der Waals surface area contributed by atoms with Crippen molar-refractivity contribution in [2.24, 2.45) is 0 Å². The molecule has 4 nitrogen and oxygen atoms in total. The summed E-state index contributed by atoms with van der Waals surface area (Å²) in [6.45, 7) is 5.11. The van der Waals surface area contributed by atoms with Crippen LogP contribution in [-0.4, -0.2) is 22.7 Å². The van der Waals surface area contributed by atoms with Gasteiger partial charge in [0.2, 0.25) is 5.89 Å². The molecule has 0 spiro atoms. The van der Waals surface area contributed by atoms with Gasteiger partial charge in [0, 0.05) is 29.5 Å². The standard InChI is InChI=1S/C15H19ClFN3O/c1-3-18-10(2)7-8-15-19-14(20-21-15)9-11-12(16)5-4-6-13(11)17/h4-6,10,18H,3,7-9H2,1-2H3. The van der Waals surface area contributed by atoms with Crippen molar-refractivity contribution in [2.45, 2.75) is 39.2 Å². The molecule has 0 fully saturated rings. The number of halogens is 2. The molecule has 0 aliphatic heterocycles. The Kier molecular flexibility index (Phi) is 5.70. The van der Waals surface area contributed by atoms with Gasteiger partial charge in [-0.05, 0) is 32.0 Å². The van der Waals surface area contributed by atoms with Gasteiger partial charge >= 0.3 is 0 Å². The van der Waals surface area contributed by atoms with Crippen molar-refractivity contribution in [2.75, 3.05) is 6.54 Å². The summed E-state index contributed by atoms with van der Waals surface area (Å²) in [5.41, 5.74) is 0.396. The highest BCUT2D eigenvalue weighted by molar-refractivity contribution is 6.31. The molecule has 1 heterocycles. The molecule has 1 aromatic heterocycles. The SMILES string of the molecule is CCNC(C)CCc1nc(Cc2c(F)cccc2Cl)no1. The number of hydrogen-bond acceptors (Lipinski definition) is 4. The minimum Gasteiger partial charge on any atom is -0.339 e. The Labute approximate surface area is 128 Å². The van der Waals surface area contributed by atoms with Gasteiger partial charge in [0.05, 0.1) is 0 Å².